The molecule has 3 rings (SSSR count). The molecule has 0 aliphatic carbocycles. The molecule has 1 N–H and O–H groups in total. The molecule has 0 aliphatic rings. The molecule has 2 aromatic carbocycles. The molecule has 0 fully saturated rings. The molecule has 0 spiro atoms. The second kappa shape index (κ2) is 4.39. The van der Waals surface area contributed by atoms with Crippen LogP contribution in [0.15, 0.2) is 42.6 Å². The normalized spacial score (nSPS) is 12.9. The highest BCUT2D eigenvalue weighted by molar-refractivity contribution is 6.06. The maximum Gasteiger partial charge on any atom is 0.210 e. The topological polar surface area (TPSA) is 58.9 Å². The van der Waals surface area contributed by atoms with Crippen LogP contribution in [-0.2, 0) is 0 Å². The molecule has 0 aliphatic heterocycles. The molecule has 1 heterocycles. The van der Waals surface area contributed by atoms with E-state index in [1.165, 1.54) is 5.39 Å². The number of fused-ring (bicyclic) bond motifs is 3. The van der Waals surface area contributed by atoms with E-state index in [4.69, 9.17) is 0 Å². The molecule has 1 aromatic heterocycles. The molecule has 1 unspecified atom stereocenters. The lowest BCUT2D eigenvalue weighted by Crippen LogP contribution is -2.08. The van der Waals surface area contributed by atoms with E-state index in [1.807, 2.05) is 31.3 Å². The van der Waals surface area contributed by atoms with E-state index in [9.17, 15) is 10.1 Å². The standard InChI is InChI=1S/C15H14N2O2/c1-10(9-17(18)19)14-8-16-15-12-5-3-2-4-11(12)6-7-13(14)15/h2-8,10,16H,9H2,1H3. The van der Waals surface area contributed by atoms with Crippen molar-refractivity contribution in [3.63, 3.8) is 0 Å². The Balaban J connectivity index is 2.18. The van der Waals surface area contributed by atoms with Crippen LogP contribution in [-0.4, -0.2) is 16.5 Å². The first kappa shape index (κ1) is 11.7. The molecular formula is C15H14N2O2. The minimum atomic E-state index is -0.259. The van der Waals surface area contributed by atoms with Gasteiger partial charge in [0.1, 0.15) is 0 Å². The number of hydrogen-bond acceptors (Lipinski definition) is 2. The number of H-pyrrole nitrogens is 1. The van der Waals surface area contributed by atoms with Crippen LogP contribution in [0.25, 0.3) is 21.7 Å². The van der Waals surface area contributed by atoms with Gasteiger partial charge in [0.2, 0.25) is 6.54 Å². The maximum atomic E-state index is 10.6. The zero-order valence-corrected chi connectivity index (χ0v) is 10.6. The van der Waals surface area contributed by atoms with Gasteiger partial charge in [-0.2, -0.15) is 0 Å². The van der Waals surface area contributed by atoms with Crippen molar-refractivity contribution in [2.75, 3.05) is 6.54 Å². The lowest BCUT2D eigenvalue weighted by atomic mass is 9.98. The highest BCUT2D eigenvalue weighted by Gasteiger charge is 2.16. The van der Waals surface area contributed by atoms with Gasteiger partial charge in [0, 0.05) is 27.8 Å². The van der Waals surface area contributed by atoms with Gasteiger partial charge in [-0.3, -0.25) is 10.1 Å². The summed E-state index contributed by atoms with van der Waals surface area (Å²) >= 11 is 0. The third kappa shape index (κ3) is 1.95. The fourth-order valence-corrected chi connectivity index (χ4v) is 2.62. The van der Waals surface area contributed by atoms with Crippen molar-refractivity contribution in [3.05, 3.63) is 58.3 Å². The molecule has 4 heteroatoms. The number of nitrogens with zero attached hydrogens (tertiary/aromatic N) is 1. The highest BCUT2D eigenvalue weighted by atomic mass is 16.6. The van der Waals surface area contributed by atoms with Crippen molar-refractivity contribution >= 4 is 21.7 Å². The number of rotatable bonds is 3. The molecule has 96 valence electrons. The van der Waals surface area contributed by atoms with Crippen LogP contribution >= 0.6 is 0 Å². The summed E-state index contributed by atoms with van der Waals surface area (Å²) in [6.45, 7) is 1.85. The summed E-state index contributed by atoms with van der Waals surface area (Å²) in [5, 5.41) is 14.0. The molecule has 0 bridgehead atoms. The zero-order valence-electron chi connectivity index (χ0n) is 10.6. The van der Waals surface area contributed by atoms with Crippen molar-refractivity contribution in [1.29, 1.82) is 0 Å². The molecule has 3 aromatic rings. The van der Waals surface area contributed by atoms with Gasteiger partial charge < -0.3 is 4.98 Å². The Kier molecular flexibility index (Phi) is 2.71. The quantitative estimate of drug-likeness (QED) is 0.572. The monoisotopic (exact) mass is 254 g/mol. The van der Waals surface area contributed by atoms with E-state index in [0.29, 0.717) is 0 Å². The van der Waals surface area contributed by atoms with Crippen molar-refractivity contribution in [3.8, 4) is 0 Å². The van der Waals surface area contributed by atoms with Gasteiger partial charge in [-0.1, -0.05) is 43.3 Å². The minimum Gasteiger partial charge on any atom is -0.360 e. The van der Waals surface area contributed by atoms with E-state index in [0.717, 1.165) is 21.9 Å². The second-order valence-corrected chi connectivity index (χ2v) is 4.87. The van der Waals surface area contributed by atoms with Crippen LogP contribution < -0.4 is 0 Å². The van der Waals surface area contributed by atoms with E-state index in [1.54, 1.807) is 0 Å². The average Bonchev–Trinajstić information content (AvgIpc) is 2.82. The minimum absolute atomic E-state index is 0.0419. The molecule has 1 atom stereocenters. The molecule has 0 saturated heterocycles. The van der Waals surface area contributed by atoms with Gasteiger partial charge in [0.25, 0.3) is 0 Å². The van der Waals surface area contributed by atoms with E-state index in [-0.39, 0.29) is 17.4 Å². The molecule has 19 heavy (non-hydrogen) atoms. The van der Waals surface area contributed by atoms with Crippen molar-refractivity contribution in [2.45, 2.75) is 12.8 Å². The average molecular weight is 254 g/mol. The van der Waals surface area contributed by atoms with Crippen molar-refractivity contribution in [1.82, 2.24) is 4.98 Å². The van der Waals surface area contributed by atoms with Crippen LogP contribution in [0, 0.1) is 10.1 Å². The predicted octanol–water partition coefficient (Wildman–Crippen LogP) is 3.70. The first-order valence-electron chi connectivity index (χ1n) is 6.27. The number of hydrogen-bond donors (Lipinski definition) is 1. The Morgan fingerprint density at radius 2 is 2.00 bits per heavy atom. The van der Waals surface area contributed by atoms with Crippen molar-refractivity contribution < 1.29 is 4.92 Å². The highest BCUT2D eigenvalue weighted by Crippen LogP contribution is 2.30. The number of aromatic nitrogens is 1. The Hall–Kier alpha value is -2.36. The van der Waals surface area contributed by atoms with Crippen LogP contribution in [0.2, 0.25) is 0 Å². The van der Waals surface area contributed by atoms with Gasteiger partial charge >= 0.3 is 0 Å². The smallest absolute Gasteiger partial charge is 0.210 e. The first-order chi connectivity index (χ1) is 9.16. The number of aromatic amines is 1. The molecule has 4 nitrogen and oxygen atoms in total. The first-order valence-corrected chi connectivity index (χ1v) is 6.27. The Morgan fingerprint density at radius 1 is 1.21 bits per heavy atom. The van der Waals surface area contributed by atoms with Gasteiger partial charge in [-0.05, 0) is 10.9 Å². The summed E-state index contributed by atoms with van der Waals surface area (Å²) in [6, 6.07) is 12.2. The summed E-state index contributed by atoms with van der Waals surface area (Å²) in [4.78, 5) is 13.7. The van der Waals surface area contributed by atoms with Crippen LogP contribution in [0.1, 0.15) is 18.4 Å². The predicted molar refractivity (Wildman–Crippen MR) is 76.1 cm³/mol. The number of nitro groups is 1. The van der Waals surface area contributed by atoms with E-state index >= 15 is 0 Å². The van der Waals surface area contributed by atoms with E-state index < -0.39 is 0 Å². The SMILES string of the molecule is CC(C[N+](=O)[O-])c1c[nH]c2c1ccc1ccccc12. The Labute approximate surface area is 110 Å². The van der Waals surface area contributed by atoms with Gasteiger partial charge in [0.15, 0.2) is 0 Å². The lowest BCUT2D eigenvalue weighted by molar-refractivity contribution is -0.482. The summed E-state index contributed by atoms with van der Waals surface area (Å²) in [5.41, 5.74) is 2.07. The van der Waals surface area contributed by atoms with E-state index in [2.05, 4.69) is 23.2 Å². The van der Waals surface area contributed by atoms with Gasteiger partial charge in [-0.25, -0.2) is 0 Å². The number of benzene rings is 2. The number of nitrogens with one attached hydrogen (secondary N) is 1. The summed E-state index contributed by atoms with van der Waals surface area (Å²) < 4.78 is 0. The molecule has 0 amide bonds. The molecule has 0 radical (unpaired) electrons. The largest absolute Gasteiger partial charge is 0.360 e. The fourth-order valence-electron chi connectivity index (χ4n) is 2.62. The zero-order chi connectivity index (χ0) is 13.4. The Bertz CT molecular complexity index is 761. The third-order valence-corrected chi connectivity index (χ3v) is 3.57. The fraction of sp³-hybridized carbons (Fsp3) is 0.200. The van der Waals surface area contributed by atoms with Crippen LogP contribution in [0.3, 0.4) is 0 Å². The summed E-state index contributed by atoms with van der Waals surface area (Å²) in [7, 11) is 0. The maximum absolute atomic E-state index is 10.6. The molecular weight excluding hydrogens is 240 g/mol. The van der Waals surface area contributed by atoms with Crippen LogP contribution in [0.4, 0.5) is 0 Å². The van der Waals surface area contributed by atoms with Crippen LogP contribution in [0.5, 0.6) is 0 Å². The third-order valence-electron chi connectivity index (χ3n) is 3.57. The molecule has 0 saturated carbocycles. The lowest BCUT2D eigenvalue weighted by Gasteiger charge is -2.05. The second-order valence-electron chi connectivity index (χ2n) is 4.87. The summed E-state index contributed by atoms with van der Waals surface area (Å²) in [5.74, 6) is -0.0927. The van der Waals surface area contributed by atoms with Gasteiger partial charge in [-0.15, -0.1) is 0 Å². The summed E-state index contributed by atoms with van der Waals surface area (Å²) in [6.07, 6.45) is 1.89. The van der Waals surface area contributed by atoms with Gasteiger partial charge in [0.05, 0.1) is 5.52 Å². The van der Waals surface area contributed by atoms with Crippen molar-refractivity contribution in [2.24, 2.45) is 0 Å². The Morgan fingerprint density at radius 3 is 2.79 bits per heavy atom.